The van der Waals surface area contributed by atoms with Gasteiger partial charge in [-0.3, -0.25) is 9.78 Å². The number of aromatic nitrogens is 1. The van der Waals surface area contributed by atoms with Gasteiger partial charge >= 0.3 is 0 Å². The molecule has 1 aromatic heterocycles. The smallest absolute Gasteiger partial charge is 0.220 e. The lowest BCUT2D eigenvalue weighted by atomic mass is 9.59. The molecule has 3 aliphatic rings. The molecule has 2 saturated carbocycles. The van der Waals surface area contributed by atoms with Crippen molar-refractivity contribution in [2.24, 2.45) is 23.5 Å². The van der Waals surface area contributed by atoms with Crippen molar-refractivity contribution in [2.75, 3.05) is 11.9 Å². The molecule has 2 aliphatic carbocycles. The first-order chi connectivity index (χ1) is 12.7. The Kier molecular flexibility index (Phi) is 3.56. The molecule has 5 rings (SSSR count). The van der Waals surface area contributed by atoms with E-state index in [1.165, 1.54) is 23.2 Å². The molecule has 2 fully saturated rings. The number of hydrogen-bond acceptors (Lipinski definition) is 3. The molecule has 26 heavy (non-hydrogen) atoms. The average molecular weight is 347 g/mol. The van der Waals surface area contributed by atoms with Gasteiger partial charge < -0.3 is 11.1 Å². The van der Waals surface area contributed by atoms with E-state index in [4.69, 9.17) is 5.73 Å². The van der Waals surface area contributed by atoms with E-state index < -0.39 is 0 Å². The van der Waals surface area contributed by atoms with Crippen LogP contribution in [0.4, 0.5) is 5.69 Å². The molecule has 134 valence electrons. The molecule has 5 unspecified atom stereocenters. The van der Waals surface area contributed by atoms with Crippen molar-refractivity contribution in [2.45, 2.75) is 37.0 Å². The van der Waals surface area contributed by atoms with E-state index in [1.54, 1.807) is 0 Å². The summed E-state index contributed by atoms with van der Waals surface area (Å²) in [5.41, 5.74) is 9.92. The minimum Gasteiger partial charge on any atom is -0.384 e. The molecule has 5 atom stereocenters. The Morgan fingerprint density at radius 1 is 1.19 bits per heavy atom. The number of nitrogens with zero attached hydrogens (tertiary/aromatic N) is 1. The Morgan fingerprint density at radius 2 is 2.08 bits per heavy atom. The standard InChI is InChI=1S/C22H25N3O/c23-21(26)14-7-8-22(13-25-20-6-2-1-5-18(20)22)19(10-14)17-11-16(17)15-4-3-9-24-12-15/h1-6,9,12,14,16-17,19,25H,7-8,10-11,13H2,(H2,23,26). The Hall–Kier alpha value is -2.36. The van der Waals surface area contributed by atoms with Gasteiger partial charge in [0.1, 0.15) is 0 Å². The number of amides is 1. The second kappa shape index (κ2) is 5.83. The first-order valence-corrected chi connectivity index (χ1v) is 9.72. The number of nitrogens with two attached hydrogens (primary N) is 1. The van der Waals surface area contributed by atoms with E-state index in [1.807, 2.05) is 18.5 Å². The summed E-state index contributed by atoms with van der Waals surface area (Å²) in [6.07, 6.45) is 7.92. The van der Waals surface area contributed by atoms with E-state index in [2.05, 4.69) is 40.6 Å². The summed E-state index contributed by atoms with van der Waals surface area (Å²) in [4.78, 5) is 16.2. The van der Waals surface area contributed by atoms with E-state index >= 15 is 0 Å². The Bertz CT molecular complexity index is 836. The highest BCUT2D eigenvalue weighted by Gasteiger charge is 2.57. The summed E-state index contributed by atoms with van der Waals surface area (Å²) in [7, 11) is 0. The number of benzene rings is 1. The van der Waals surface area contributed by atoms with Gasteiger partial charge in [-0.2, -0.15) is 0 Å². The van der Waals surface area contributed by atoms with Crippen LogP contribution >= 0.6 is 0 Å². The Morgan fingerprint density at radius 3 is 2.88 bits per heavy atom. The van der Waals surface area contributed by atoms with Crippen molar-refractivity contribution in [3.8, 4) is 0 Å². The number of carbonyl (C=O) groups excluding carboxylic acids is 1. The maximum atomic E-state index is 11.9. The Balaban J connectivity index is 1.50. The third-order valence-electron chi connectivity index (χ3n) is 7.12. The maximum absolute atomic E-state index is 11.9. The van der Waals surface area contributed by atoms with Gasteiger partial charge in [0, 0.05) is 36.0 Å². The van der Waals surface area contributed by atoms with Crippen LogP contribution in [-0.2, 0) is 10.2 Å². The van der Waals surface area contributed by atoms with Gasteiger partial charge in [0.2, 0.25) is 5.91 Å². The molecule has 1 spiro atoms. The second-order valence-electron chi connectivity index (χ2n) is 8.33. The highest BCUT2D eigenvalue weighted by atomic mass is 16.1. The van der Waals surface area contributed by atoms with Crippen LogP contribution in [0.15, 0.2) is 48.8 Å². The monoisotopic (exact) mass is 347 g/mol. The van der Waals surface area contributed by atoms with Gasteiger partial charge in [0.05, 0.1) is 0 Å². The predicted octanol–water partition coefficient (Wildman–Crippen LogP) is 3.45. The number of anilines is 1. The zero-order chi connectivity index (χ0) is 17.7. The van der Waals surface area contributed by atoms with Crippen LogP contribution in [0.2, 0.25) is 0 Å². The molecule has 2 heterocycles. The third kappa shape index (κ3) is 2.35. The number of carbonyl (C=O) groups is 1. The molecule has 2 aromatic rings. The van der Waals surface area contributed by atoms with E-state index in [0.29, 0.717) is 17.8 Å². The number of fused-ring (bicyclic) bond motifs is 2. The highest BCUT2D eigenvalue weighted by molar-refractivity contribution is 5.77. The highest BCUT2D eigenvalue weighted by Crippen LogP contribution is 2.63. The van der Waals surface area contributed by atoms with Crippen LogP contribution < -0.4 is 11.1 Å². The largest absolute Gasteiger partial charge is 0.384 e. The van der Waals surface area contributed by atoms with Gasteiger partial charge in [0.15, 0.2) is 0 Å². The van der Waals surface area contributed by atoms with Crippen LogP contribution in [0.25, 0.3) is 0 Å². The summed E-state index contributed by atoms with van der Waals surface area (Å²) in [5.74, 6) is 1.59. The average Bonchev–Trinajstić information content (AvgIpc) is 3.40. The molecule has 0 bridgehead atoms. The predicted molar refractivity (Wildman–Crippen MR) is 102 cm³/mol. The van der Waals surface area contributed by atoms with Crippen LogP contribution in [0.1, 0.15) is 42.7 Å². The topological polar surface area (TPSA) is 68.0 Å². The number of para-hydroxylation sites is 1. The fourth-order valence-corrected chi connectivity index (χ4v) is 5.72. The lowest BCUT2D eigenvalue weighted by molar-refractivity contribution is -0.124. The van der Waals surface area contributed by atoms with Crippen molar-refractivity contribution in [1.29, 1.82) is 0 Å². The third-order valence-corrected chi connectivity index (χ3v) is 7.12. The van der Waals surface area contributed by atoms with Gasteiger partial charge in [0.25, 0.3) is 0 Å². The maximum Gasteiger partial charge on any atom is 0.220 e. The first-order valence-electron chi connectivity index (χ1n) is 9.72. The number of hydrogen-bond donors (Lipinski definition) is 2. The quantitative estimate of drug-likeness (QED) is 0.893. The molecule has 0 saturated heterocycles. The molecule has 1 amide bonds. The van der Waals surface area contributed by atoms with Crippen LogP contribution in [0.5, 0.6) is 0 Å². The molecule has 1 aliphatic heterocycles. The van der Waals surface area contributed by atoms with Crippen molar-refractivity contribution < 1.29 is 4.79 Å². The van der Waals surface area contributed by atoms with Crippen molar-refractivity contribution >= 4 is 11.6 Å². The molecule has 1 aromatic carbocycles. The summed E-state index contributed by atoms with van der Waals surface area (Å²) >= 11 is 0. The molecule has 4 nitrogen and oxygen atoms in total. The zero-order valence-electron chi connectivity index (χ0n) is 14.9. The number of primary amides is 1. The first kappa shape index (κ1) is 15.9. The summed E-state index contributed by atoms with van der Waals surface area (Å²) < 4.78 is 0. The summed E-state index contributed by atoms with van der Waals surface area (Å²) in [6, 6.07) is 12.9. The lowest BCUT2D eigenvalue weighted by Gasteiger charge is -2.44. The number of pyridine rings is 1. The zero-order valence-corrected chi connectivity index (χ0v) is 14.9. The second-order valence-corrected chi connectivity index (χ2v) is 8.33. The van der Waals surface area contributed by atoms with Gasteiger partial charge in [-0.05, 0) is 66.7 Å². The Labute approximate surface area is 154 Å². The molecular weight excluding hydrogens is 322 g/mol. The van der Waals surface area contributed by atoms with E-state index in [-0.39, 0.29) is 17.2 Å². The minimum atomic E-state index is -0.123. The van der Waals surface area contributed by atoms with E-state index in [9.17, 15) is 4.79 Å². The fraction of sp³-hybridized carbons (Fsp3) is 0.455. The van der Waals surface area contributed by atoms with Gasteiger partial charge in [-0.25, -0.2) is 0 Å². The van der Waals surface area contributed by atoms with E-state index in [0.717, 1.165) is 25.8 Å². The van der Waals surface area contributed by atoms with Crippen molar-refractivity contribution in [3.63, 3.8) is 0 Å². The SMILES string of the molecule is NC(=O)C1CCC2(CNc3ccccc32)C(C2CC2c2cccnc2)C1. The normalized spacial score (nSPS) is 34.9. The van der Waals surface area contributed by atoms with Crippen LogP contribution in [0.3, 0.4) is 0 Å². The van der Waals surface area contributed by atoms with Crippen LogP contribution in [0, 0.1) is 17.8 Å². The molecule has 0 radical (unpaired) electrons. The fourth-order valence-electron chi connectivity index (χ4n) is 5.72. The minimum absolute atomic E-state index is 0.0218. The molecular formula is C22H25N3O. The van der Waals surface area contributed by atoms with Crippen LogP contribution in [-0.4, -0.2) is 17.4 Å². The molecule has 4 heteroatoms. The summed E-state index contributed by atoms with van der Waals surface area (Å²) in [6.45, 7) is 0.985. The van der Waals surface area contributed by atoms with Gasteiger partial charge in [-0.15, -0.1) is 0 Å². The number of rotatable bonds is 3. The van der Waals surface area contributed by atoms with Gasteiger partial charge in [-0.1, -0.05) is 24.3 Å². The summed E-state index contributed by atoms with van der Waals surface area (Å²) in [5, 5.41) is 3.64. The van der Waals surface area contributed by atoms with Crippen molar-refractivity contribution in [1.82, 2.24) is 4.98 Å². The number of nitrogens with one attached hydrogen (secondary N) is 1. The van der Waals surface area contributed by atoms with Crippen molar-refractivity contribution in [3.05, 3.63) is 59.9 Å². The lowest BCUT2D eigenvalue weighted by Crippen LogP contribution is -2.46. The molecule has 3 N–H and O–H groups in total.